The van der Waals surface area contributed by atoms with Crippen LogP contribution >= 0.6 is 0 Å². The Labute approximate surface area is 170 Å². The van der Waals surface area contributed by atoms with Crippen molar-refractivity contribution in [3.63, 3.8) is 0 Å². The van der Waals surface area contributed by atoms with Gasteiger partial charge < -0.3 is 14.6 Å². The third kappa shape index (κ3) is 12.0. The summed E-state index contributed by atoms with van der Waals surface area (Å²) in [6.07, 6.45) is 20.0. The minimum absolute atomic E-state index is 0.453. The number of aliphatic hydroxyl groups is 1. The van der Waals surface area contributed by atoms with E-state index in [9.17, 15) is 5.11 Å². The van der Waals surface area contributed by atoms with Crippen LogP contribution in [0.25, 0.3) is 0 Å². The highest BCUT2D eigenvalue weighted by atomic mass is 16.5. The minimum Gasteiger partial charge on any atom is -0.501 e. The molecule has 0 aliphatic carbocycles. The van der Waals surface area contributed by atoms with Gasteiger partial charge in [-0.1, -0.05) is 74.2 Å². The first kappa shape index (κ1) is 23.5. The van der Waals surface area contributed by atoms with Crippen molar-refractivity contribution >= 4 is 0 Å². The zero-order valence-corrected chi connectivity index (χ0v) is 17.2. The highest BCUT2D eigenvalue weighted by molar-refractivity contribution is 5.30. The number of allylic oxidation sites excluding steroid dienone is 8. The summed E-state index contributed by atoms with van der Waals surface area (Å²) in [6.45, 7) is 6.43. The third-order valence-corrected chi connectivity index (χ3v) is 3.98. The Kier molecular flexibility index (Phi) is 13.0. The third-order valence-electron chi connectivity index (χ3n) is 3.98. The van der Waals surface area contributed by atoms with Crippen molar-refractivity contribution in [2.75, 3.05) is 13.7 Å². The van der Waals surface area contributed by atoms with Gasteiger partial charge in [0, 0.05) is 12.8 Å². The lowest BCUT2D eigenvalue weighted by Gasteiger charge is -2.10. The molecule has 0 unspecified atom stereocenters. The predicted octanol–water partition coefficient (Wildman–Crippen LogP) is 5.93. The van der Waals surface area contributed by atoms with Gasteiger partial charge in [0.2, 0.25) is 0 Å². The molecule has 28 heavy (non-hydrogen) atoms. The molecule has 1 atom stereocenters. The normalized spacial score (nSPS) is 13.1. The summed E-state index contributed by atoms with van der Waals surface area (Å²) in [5.41, 5.74) is 1.09. The van der Waals surface area contributed by atoms with E-state index in [0.717, 1.165) is 30.6 Å². The second-order valence-corrected chi connectivity index (χ2v) is 6.43. The highest BCUT2D eigenvalue weighted by Gasteiger charge is 2.02. The molecule has 0 saturated heterocycles. The summed E-state index contributed by atoms with van der Waals surface area (Å²) in [5, 5.41) is 10.0. The molecule has 0 aliphatic rings. The molecule has 0 radical (unpaired) electrons. The fraction of sp³-hybridized carbons (Fsp3) is 0.360. The molecule has 0 fully saturated rings. The maximum Gasteiger partial charge on any atom is 0.119 e. The summed E-state index contributed by atoms with van der Waals surface area (Å²) < 4.78 is 10.8. The smallest absolute Gasteiger partial charge is 0.119 e. The van der Waals surface area contributed by atoms with Crippen molar-refractivity contribution in [3.8, 4) is 5.75 Å². The van der Waals surface area contributed by atoms with Crippen LogP contribution in [0, 0.1) is 0 Å². The van der Waals surface area contributed by atoms with Crippen molar-refractivity contribution in [2.45, 2.75) is 45.1 Å². The number of aliphatic hydroxyl groups excluding tert-OH is 1. The molecule has 0 aromatic heterocycles. The van der Waals surface area contributed by atoms with Crippen LogP contribution in [-0.4, -0.2) is 24.9 Å². The lowest BCUT2D eigenvalue weighted by atomic mass is 10.1. The molecule has 1 aromatic carbocycles. The fourth-order valence-corrected chi connectivity index (χ4v) is 2.41. The van der Waals surface area contributed by atoms with E-state index in [2.05, 4.69) is 31.7 Å². The van der Waals surface area contributed by atoms with Crippen LogP contribution in [0.15, 0.2) is 85.2 Å². The molecule has 1 rings (SSSR count). The fourth-order valence-electron chi connectivity index (χ4n) is 2.41. The van der Waals surface area contributed by atoms with Gasteiger partial charge in [-0.15, -0.1) is 0 Å². The molecule has 152 valence electrons. The summed E-state index contributed by atoms with van der Waals surface area (Å²) in [7, 11) is 1.62. The van der Waals surface area contributed by atoms with Crippen molar-refractivity contribution in [2.24, 2.45) is 0 Å². The number of rotatable bonds is 14. The Morgan fingerprint density at radius 2 is 1.89 bits per heavy atom. The van der Waals surface area contributed by atoms with Crippen LogP contribution in [0.4, 0.5) is 0 Å². The minimum atomic E-state index is -0.524. The molecule has 0 saturated carbocycles. The van der Waals surface area contributed by atoms with Crippen molar-refractivity contribution in [3.05, 3.63) is 90.8 Å². The zero-order valence-electron chi connectivity index (χ0n) is 17.2. The molecule has 0 aliphatic heterocycles. The topological polar surface area (TPSA) is 38.7 Å². The van der Waals surface area contributed by atoms with E-state index in [0.29, 0.717) is 25.2 Å². The monoisotopic (exact) mass is 382 g/mol. The molecular formula is C25H34O3. The van der Waals surface area contributed by atoms with Crippen molar-refractivity contribution in [1.82, 2.24) is 0 Å². The van der Waals surface area contributed by atoms with E-state index in [1.165, 1.54) is 0 Å². The molecule has 3 heteroatoms. The molecule has 0 amide bonds. The number of ether oxygens (including phenoxy) is 2. The first-order valence-corrected chi connectivity index (χ1v) is 9.92. The van der Waals surface area contributed by atoms with Gasteiger partial charge in [-0.25, -0.2) is 0 Å². The van der Waals surface area contributed by atoms with Gasteiger partial charge in [0.1, 0.15) is 5.75 Å². The van der Waals surface area contributed by atoms with E-state index in [-0.39, 0.29) is 0 Å². The van der Waals surface area contributed by atoms with Gasteiger partial charge >= 0.3 is 0 Å². The summed E-state index contributed by atoms with van der Waals surface area (Å²) >= 11 is 0. The van der Waals surface area contributed by atoms with Crippen LogP contribution in [-0.2, 0) is 11.2 Å². The number of benzene rings is 1. The van der Waals surface area contributed by atoms with Crippen molar-refractivity contribution in [1.29, 1.82) is 0 Å². The van der Waals surface area contributed by atoms with E-state index in [4.69, 9.17) is 9.47 Å². The van der Waals surface area contributed by atoms with Gasteiger partial charge in [-0.2, -0.15) is 0 Å². The first-order chi connectivity index (χ1) is 13.7. The maximum atomic E-state index is 10.0. The molecule has 1 N–H and O–H groups in total. The Morgan fingerprint density at radius 3 is 2.68 bits per heavy atom. The number of hydrogen-bond acceptors (Lipinski definition) is 3. The molecule has 3 nitrogen and oxygen atoms in total. The van der Waals surface area contributed by atoms with E-state index in [1.54, 1.807) is 13.2 Å². The van der Waals surface area contributed by atoms with Gasteiger partial charge in [0.05, 0.1) is 25.6 Å². The first-order valence-electron chi connectivity index (χ1n) is 9.92. The predicted molar refractivity (Wildman–Crippen MR) is 118 cm³/mol. The number of unbranched alkanes of at least 4 members (excludes halogenated alkanes) is 1. The summed E-state index contributed by atoms with van der Waals surface area (Å²) in [5.74, 6) is 1.50. The molecule has 1 aromatic rings. The van der Waals surface area contributed by atoms with Crippen LogP contribution < -0.4 is 4.74 Å². The SMILES string of the molecule is C=C(Cc1cccc(OCC[C@H](O)/C=C/C=C\C=C\CC/C=C\CC)c1)OC. The van der Waals surface area contributed by atoms with Crippen LogP contribution in [0.1, 0.15) is 38.2 Å². The molecule has 0 bridgehead atoms. The van der Waals surface area contributed by atoms with Gasteiger partial charge in [0.15, 0.2) is 0 Å². The average molecular weight is 383 g/mol. The second-order valence-electron chi connectivity index (χ2n) is 6.43. The lowest BCUT2D eigenvalue weighted by molar-refractivity contribution is 0.178. The summed E-state index contributed by atoms with van der Waals surface area (Å²) in [6, 6.07) is 7.84. The largest absolute Gasteiger partial charge is 0.501 e. The van der Waals surface area contributed by atoms with Crippen LogP contribution in [0.2, 0.25) is 0 Å². The second kappa shape index (κ2) is 15.5. The van der Waals surface area contributed by atoms with E-state index >= 15 is 0 Å². The number of methoxy groups -OCH3 is 1. The molecular weight excluding hydrogens is 348 g/mol. The maximum absolute atomic E-state index is 10.0. The lowest BCUT2D eigenvalue weighted by Crippen LogP contribution is -2.09. The van der Waals surface area contributed by atoms with Crippen LogP contribution in [0.5, 0.6) is 5.75 Å². The highest BCUT2D eigenvalue weighted by Crippen LogP contribution is 2.16. The Balaban J connectivity index is 2.25. The zero-order chi connectivity index (χ0) is 20.5. The summed E-state index contributed by atoms with van der Waals surface area (Å²) in [4.78, 5) is 0. The Hall–Kier alpha value is -2.52. The average Bonchev–Trinajstić information content (AvgIpc) is 2.69. The quantitative estimate of drug-likeness (QED) is 0.187. The standard InChI is InChI=1S/C25H34O3/c1-4-5-6-7-8-9-10-11-12-13-16-24(26)18-19-28-25-17-14-15-23(21-25)20-22(2)27-3/h5-6,9-17,21,24,26H,2,4,7-8,18-20H2,1,3H3/b6-5-,10-9+,12-11-,16-13+/t24-/m1/s1. The van der Waals surface area contributed by atoms with Gasteiger partial charge in [-0.05, 0) is 37.0 Å². The van der Waals surface area contributed by atoms with Crippen LogP contribution in [0.3, 0.4) is 0 Å². The Bertz CT molecular complexity index is 668. The number of hydrogen-bond donors (Lipinski definition) is 1. The van der Waals surface area contributed by atoms with E-state index < -0.39 is 6.10 Å². The van der Waals surface area contributed by atoms with Gasteiger partial charge in [-0.3, -0.25) is 0 Å². The van der Waals surface area contributed by atoms with E-state index in [1.807, 2.05) is 48.6 Å². The molecule has 0 spiro atoms. The Morgan fingerprint density at radius 1 is 1.11 bits per heavy atom. The molecule has 0 heterocycles. The van der Waals surface area contributed by atoms with Crippen molar-refractivity contribution < 1.29 is 14.6 Å². The van der Waals surface area contributed by atoms with Gasteiger partial charge in [0.25, 0.3) is 0 Å².